The van der Waals surface area contributed by atoms with Crippen LogP contribution >= 0.6 is 23.2 Å². The lowest BCUT2D eigenvalue weighted by molar-refractivity contribution is 0.0942. The van der Waals surface area contributed by atoms with E-state index < -0.39 is 0 Å². The lowest BCUT2D eigenvalue weighted by atomic mass is 10.1. The topological polar surface area (TPSA) is 68.2 Å². The summed E-state index contributed by atoms with van der Waals surface area (Å²) < 4.78 is 7.39. The number of imidazole rings is 1. The van der Waals surface area contributed by atoms with Crippen LogP contribution < -0.4 is 10.6 Å². The Morgan fingerprint density at radius 2 is 2.07 bits per heavy atom. The third-order valence-electron chi connectivity index (χ3n) is 4.27. The second kappa shape index (κ2) is 9.97. The first-order chi connectivity index (χ1) is 13.0. The molecule has 1 aromatic carbocycles. The molecule has 8 heteroatoms. The number of aromatic nitrogens is 2. The Bertz CT molecular complexity index is 786. The lowest BCUT2D eigenvalue weighted by Gasteiger charge is -2.22. The van der Waals surface area contributed by atoms with Gasteiger partial charge in [0.15, 0.2) is 11.5 Å². The van der Waals surface area contributed by atoms with Gasteiger partial charge >= 0.3 is 0 Å². The third kappa shape index (κ3) is 4.94. The fraction of sp³-hybridized carbons (Fsp3) is 0.474. The zero-order chi connectivity index (χ0) is 20.0. The maximum atomic E-state index is 12.7. The van der Waals surface area contributed by atoms with Crippen molar-refractivity contribution in [2.75, 3.05) is 26.1 Å². The molecule has 1 unspecified atom stereocenters. The molecule has 148 valence electrons. The molecule has 0 aliphatic rings. The van der Waals surface area contributed by atoms with Crippen LogP contribution in [0.15, 0.2) is 18.2 Å². The van der Waals surface area contributed by atoms with E-state index in [9.17, 15) is 4.79 Å². The summed E-state index contributed by atoms with van der Waals surface area (Å²) in [6.07, 6.45) is 2.53. The number of ether oxygens (including phenoxy) is 1. The zero-order valence-corrected chi connectivity index (χ0v) is 17.6. The molecular formula is C19H26Cl2N4O2. The quantitative estimate of drug-likeness (QED) is 0.617. The Labute approximate surface area is 170 Å². The molecule has 2 N–H and O–H groups in total. The zero-order valence-electron chi connectivity index (χ0n) is 16.1. The van der Waals surface area contributed by atoms with E-state index in [0.717, 1.165) is 18.7 Å². The highest BCUT2D eigenvalue weighted by Gasteiger charge is 2.27. The van der Waals surface area contributed by atoms with E-state index in [1.165, 1.54) is 0 Å². The van der Waals surface area contributed by atoms with E-state index in [2.05, 4.69) is 22.5 Å². The van der Waals surface area contributed by atoms with Gasteiger partial charge in [-0.1, -0.05) is 43.5 Å². The molecular weight excluding hydrogens is 387 g/mol. The molecule has 0 aliphatic carbocycles. The van der Waals surface area contributed by atoms with Crippen LogP contribution in [0.4, 0.5) is 11.5 Å². The molecule has 0 fully saturated rings. The van der Waals surface area contributed by atoms with Gasteiger partial charge in [0.2, 0.25) is 0 Å². The molecule has 1 heterocycles. The van der Waals surface area contributed by atoms with Crippen molar-refractivity contribution in [1.29, 1.82) is 0 Å². The number of rotatable bonds is 9. The number of carbonyl (C=O) groups excluding carboxylic acids is 1. The summed E-state index contributed by atoms with van der Waals surface area (Å²) in [6.45, 7) is 4.63. The molecule has 6 nitrogen and oxygen atoms in total. The molecule has 2 rings (SSSR count). The molecule has 2 aromatic rings. The molecule has 27 heavy (non-hydrogen) atoms. The number of halogens is 2. The average Bonchev–Trinajstić information content (AvgIpc) is 3.01. The number of amides is 1. The number of hydrogen-bond acceptors (Lipinski definition) is 4. The van der Waals surface area contributed by atoms with Gasteiger partial charge < -0.3 is 19.9 Å². The first kappa shape index (κ1) is 21.5. The van der Waals surface area contributed by atoms with Crippen LogP contribution in [0.2, 0.25) is 10.0 Å². The minimum absolute atomic E-state index is 0.0194. The van der Waals surface area contributed by atoms with Crippen molar-refractivity contribution in [3.8, 4) is 0 Å². The number of anilines is 2. The van der Waals surface area contributed by atoms with Crippen LogP contribution in [0, 0.1) is 0 Å². The van der Waals surface area contributed by atoms with E-state index in [1.54, 1.807) is 32.4 Å². The van der Waals surface area contributed by atoms with Gasteiger partial charge in [-0.25, -0.2) is 4.98 Å². The molecule has 0 aliphatic heterocycles. The molecule has 0 spiro atoms. The van der Waals surface area contributed by atoms with E-state index in [1.807, 2.05) is 11.5 Å². The van der Waals surface area contributed by atoms with Crippen molar-refractivity contribution >= 4 is 40.6 Å². The first-order valence-corrected chi connectivity index (χ1v) is 9.76. The fourth-order valence-corrected chi connectivity index (χ4v) is 3.53. The Balaban J connectivity index is 2.58. The number of nitrogens with zero attached hydrogens (tertiary/aromatic N) is 2. The number of carbonyl (C=O) groups is 1. The van der Waals surface area contributed by atoms with E-state index in [4.69, 9.17) is 27.9 Å². The van der Waals surface area contributed by atoms with Gasteiger partial charge in [0.25, 0.3) is 5.91 Å². The summed E-state index contributed by atoms with van der Waals surface area (Å²) in [5.41, 5.74) is 1.10. The molecule has 1 aromatic heterocycles. The molecule has 0 saturated heterocycles. The molecule has 0 radical (unpaired) electrons. The summed E-state index contributed by atoms with van der Waals surface area (Å²) in [7, 11) is 3.27. The molecule has 1 atom stereocenters. The second-order valence-corrected chi connectivity index (χ2v) is 7.02. The van der Waals surface area contributed by atoms with Crippen LogP contribution in [-0.2, 0) is 11.2 Å². The van der Waals surface area contributed by atoms with E-state index >= 15 is 0 Å². The highest BCUT2D eigenvalue weighted by atomic mass is 35.5. The largest absolute Gasteiger partial charge is 0.383 e. The van der Waals surface area contributed by atoms with Gasteiger partial charge in [0.1, 0.15) is 5.82 Å². The van der Waals surface area contributed by atoms with Crippen LogP contribution in [0.5, 0.6) is 0 Å². The van der Waals surface area contributed by atoms with Crippen molar-refractivity contribution in [3.05, 3.63) is 39.8 Å². The third-order valence-corrected chi connectivity index (χ3v) is 4.82. The number of nitrogens with one attached hydrogen (secondary N) is 2. The number of benzene rings is 1. The Morgan fingerprint density at radius 3 is 2.63 bits per heavy atom. The SMILES string of the molecule is CCCC(COC)n1c(CC)nc(Nc2ccc(Cl)cc2Cl)c1C(=O)NC. The number of hydrogen-bond donors (Lipinski definition) is 2. The smallest absolute Gasteiger partial charge is 0.271 e. The second-order valence-electron chi connectivity index (χ2n) is 6.17. The minimum Gasteiger partial charge on any atom is -0.383 e. The first-order valence-electron chi connectivity index (χ1n) is 9.00. The monoisotopic (exact) mass is 412 g/mol. The van der Waals surface area contributed by atoms with Crippen molar-refractivity contribution in [1.82, 2.24) is 14.9 Å². The molecule has 1 amide bonds. The minimum atomic E-state index is -0.216. The summed E-state index contributed by atoms with van der Waals surface area (Å²) in [5, 5.41) is 6.91. The Hall–Kier alpha value is -1.76. The standard InChI is InChI=1S/C19H26Cl2N4O2/c1-5-7-13(11-27-4)25-16(6-2)24-18(17(25)19(26)22-3)23-15-9-8-12(20)10-14(15)21/h8-10,13,23H,5-7,11H2,1-4H3,(H,22,26). The normalized spacial score (nSPS) is 12.1. The summed E-state index contributed by atoms with van der Waals surface area (Å²) >= 11 is 12.3. The summed E-state index contributed by atoms with van der Waals surface area (Å²) in [5.74, 6) is 1.07. The van der Waals surface area contributed by atoms with Crippen LogP contribution in [0.1, 0.15) is 49.0 Å². The number of methoxy groups -OCH3 is 1. The highest BCUT2D eigenvalue weighted by Crippen LogP contribution is 2.32. The van der Waals surface area contributed by atoms with Gasteiger partial charge in [-0.2, -0.15) is 0 Å². The number of aryl methyl sites for hydroxylation is 1. The highest BCUT2D eigenvalue weighted by molar-refractivity contribution is 6.36. The lowest BCUT2D eigenvalue weighted by Crippen LogP contribution is -2.27. The van der Waals surface area contributed by atoms with Crippen LogP contribution in [-0.4, -0.2) is 36.2 Å². The predicted molar refractivity (Wildman–Crippen MR) is 111 cm³/mol. The van der Waals surface area contributed by atoms with Crippen LogP contribution in [0.3, 0.4) is 0 Å². The maximum Gasteiger partial charge on any atom is 0.271 e. The van der Waals surface area contributed by atoms with Crippen molar-refractivity contribution < 1.29 is 9.53 Å². The van der Waals surface area contributed by atoms with Gasteiger partial charge in [0, 0.05) is 25.6 Å². The van der Waals surface area contributed by atoms with Crippen molar-refractivity contribution in [3.63, 3.8) is 0 Å². The van der Waals surface area contributed by atoms with Gasteiger partial charge in [-0.3, -0.25) is 4.79 Å². The van der Waals surface area contributed by atoms with Gasteiger partial charge in [-0.05, 0) is 24.6 Å². The van der Waals surface area contributed by atoms with Crippen molar-refractivity contribution in [2.24, 2.45) is 0 Å². The average molecular weight is 413 g/mol. The van der Waals surface area contributed by atoms with Crippen molar-refractivity contribution in [2.45, 2.75) is 39.2 Å². The van der Waals surface area contributed by atoms with E-state index in [0.29, 0.717) is 40.3 Å². The Morgan fingerprint density at radius 1 is 1.33 bits per heavy atom. The maximum absolute atomic E-state index is 12.7. The van der Waals surface area contributed by atoms with Gasteiger partial charge in [-0.15, -0.1) is 0 Å². The summed E-state index contributed by atoms with van der Waals surface area (Å²) in [4.78, 5) is 17.4. The predicted octanol–water partition coefficient (Wildman–Crippen LogP) is 4.84. The Kier molecular flexibility index (Phi) is 7.95. The molecule has 0 saturated carbocycles. The fourth-order valence-electron chi connectivity index (χ4n) is 3.08. The molecule has 0 bridgehead atoms. The van der Waals surface area contributed by atoms with Crippen LogP contribution in [0.25, 0.3) is 0 Å². The summed E-state index contributed by atoms with van der Waals surface area (Å²) in [6, 6.07) is 5.17. The van der Waals surface area contributed by atoms with Gasteiger partial charge in [0.05, 0.1) is 23.4 Å². The van der Waals surface area contributed by atoms with E-state index in [-0.39, 0.29) is 11.9 Å².